The van der Waals surface area contributed by atoms with Crippen molar-refractivity contribution in [2.45, 2.75) is 91.7 Å². The van der Waals surface area contributed by atoms with Gasteiger partial charge in [0.05, 0.1) is 25.8 Å². The van der Waals surface area contributed by atoms with Gasteiger partial charge in [0.2, 0.25) is 11.8 Å². The molecule has 3 aromatic carbocycles. The molecule has 3 aromatic rings. The maximum absolute atomic E-state index is 15.0. The largest absolute Gasteiger partial charge is 0.497 e. The Morgan fingerprint density at radius 1 is 0.898 bits per heavy atom. The van der Waals surface area contributed by atoms with E-state index in [2.05, 4.69) is 5.32 Å². The highest BCUT2D eigenvalue weighted by atomic mass is 16.6. The molecule has 0 aliphatic carbocycles. The van der Waals surface area contributed by atoms with Crippen molar-refractivity contribution < 1.29 is 33.4 Å². The van der Waals surface area contributed by atoms with Gasteiger partial charge in [-0.15, -0.1) is 0 Å². The molecule has 0 saturated carbocycles. The lowest BCUT2D eigenvalue weighted by molar-refractivity contribution is -0.151. The number of nitrogens with one attached hydrogen (secondary N) is 1. The summed E-state index contributed by atoms with van der Waals surface area (Å²) in [5.41, 5.74) is 2.51. The highest BCUT2D eigenvalue weighted by molar-refractivity contribution is 5.93. The molecule has 10 nitrogen and oxygen atoms in total. The van der Waals surface area contributed by atoms with Crippen molar-refractivity contribution in [1.29, 1.82) is 0 Å². The van der Waals surface area contributed by atoms with Gasteiger partial charge in [-0.25, -0.2) is 9.59 Å². The van der Waals surface area contributed by atoms with Crippen LogP contribution in [0.4, 0.5) is 4.79 Å². The van der Waals surface area contributed by atoms with Gasteiger partial charge < -0.3 is 29.3 Å². The number of ether oxygens (including phenoxy) is 3. The first kappa shape index (κ1) is 37.0. The molecule has 49 heavy (non-hydrogen) atoms. The van der Waals surface area contributed by atoms with E-state index in [9.17, 15) is 14.4 Å². The molecule has 4 rings (SSSR count). The van der Waals surface area contributed by atoms with Gasteiger partial charge >= 0.3 is 12.1 Å². The predicted molar refractivity (Wildman–Crippen MR) is 187 cm³/mol. The van der Waals surface area contributed by atoms with Crippen molar-refractivity contribution >= 4 is 23.9 Å². The van der Waals surface area contributed by atoms with Crippen molar-refractivity contribution in [3.05, 3.63) is 101 Å². The average molecular weight is 672 g/mol. The Labute approximate surface area is 289 Å². The Kier molecular flexibility index (Phi) is 11.4. The average Bonchev–Trinajstić information content (AvgIpc) is 3.06. The van der Waals surface area contributed by atoms with Gasteiger partial charge in [0, 0.05) is 19.5 Å². The van der Waals surface area contributed by atoms with Crippen molar-refractivity contribution in [2.24, 2.45) is 5.41 Å². The van der Waals surface area contributed by atoms with Crippen molar-refractivity contribution in [1.82, 2.24) is 15.1 Å². The van der Waals surface area contributed by atoms with Crippen LogP contribution in [-0.4, -0.2) is 65.6 Å². The standard InChI is InChI=1S/C39H49N3O7/c1-25(28-15-12-16-31(21-28)47-8)41(23-26-17-19-27(20-18-26)36(45)48-9)34(43)32-22-29-13-10-11-14-30(29)24-42(32)35(44)33(38(2,3)4)40-37(46)49-39(5,6)7/h10-21,25,32-33H,22-24H2,1-9H3,(H,40,46)/t25-,32+,33-/m1/s1. The number of benzene rings is 3. The molecule has 0 aromatic heterocycles. The first-order chi connectivity index (χ1) is 23.0. The summed E-state index contributed by atoms with van der Waals surface area (Å²) < 4.78 is 15.9. The van der Waals surface area contributed by atoms with Gasteiger partial charge in [0.25, 0.3) is 0 Å². The van der Waals surface area contributed by atoms with Crippen LogP contribution in [-0.2, 0) is 38.6 Å². The second-order valence-electron chi connectivity index (χ2n) is 14.5. The maximum atomic E-state index is 15.0. The molecule has 0 unspecified atom stereocenters. The van der Waals surface area contributed by atoms with E-state index in [1.807, 2.05) is 76.2 Å². The molecule has 0 radical (unpaired) electrons. The third-order valence-electron chi connectivity index (χ3n) is 8.65. The Morgan fingerprint density at radius 2 is 1.55 bits per heavy atom. The van der Waals surface area contributed by atoms with Gasteiger partial charge in [0.15, 0.2) is 0 Å². The topological polar surface area (TPSA) is 114 Å². The number of hydrogen-bond donors (Lipinski definition) is 1. The molecule has 0 bridgehead atoms. The van der Waals surface area contributed by atoms with Gasteiger partial charge in [-0.3, -0.25) is 9.59 Å². The molecule has 0 spiro atoms. The number of esters is 1. The van der Waals surface area contributed by atoms with E-state index in [0.717, 1.165) is 22.3 Å². The molecule has 3 amide bonds. The van der Waals surface area contributed by atoms with Crippen molar-refractivity contribution in [3.63, 3.8) is 0 Å². The van der Waals surface area contributed by atoms with Crippen molar-refractivity contribution in [3.8, 4) is 5.75 Å². The molecule has 1 aliphatic rings. The van der Waals surface area contributed by atoms with E-state index in [4.69, 9.17) is 14.2 Å². The van der Waals surface area contributed by atoms with Crippen LogP contribution in [0.15, 0.2) is 72.8 Å². The lowest BCUT2D eigenvalue weighted by Crippen LogP contribution is -2.61. The predicted octanol–water partition coefficient (Wildman–Crippen LogP) is 6.46. The van der Waals surface area contributed by atoms with Gasteiger partial charge in [-0.1, -0.05) is 69.3 Å². The number of rotatable bonds is 9. The quantitative estimate of drug-likeness (QED) is 0.260. The number of methoxy groups -OCH3 is 2. The van der Waals surface area contributed by atoms with E-state index in [1.165, 1.54) is 7.11 Å². The zero-order valence-electron chi connectivity index (χ0n) is 30.0. The van der Waals surface area contributed by atoms with Crippen LogP contribution in [0.5, 0.6) is 5.75 Å². The summed E-state index contributed by atoms with van der Waals surface area (Å²) in [6.45, 7) is 13.2. The molecule has 0 saturated heterocycles. The van der Waals surface area contributed by atoms with Crippen LogP contribution in [0.3, 0.4) is 0 Å². The molecule has 1 aliphatic heterocycles. The molecular weight excluding hydrogens is 622 g/mol. The second kappa shape index (κ2) is 15.1. The second-order valence-corrected chi connectivity index (χ2v) is 14.5. The molecule has 3 atom stereocenters. The Hall–Kier alpha value is -4.86. The third kappa shape index (κ3) is 9.19. The van der Waals surface area contributed by atoms with Crippen LogP contribution in [0.25, 0.3) is 0 Å². The van der Waals surface area contributed by atoms with Gasteiger partial charge in [-0.2, -0.15) is 0 Å². The van der Waals surface area contributed by atoms with E-state index in [1.54, 1.807) is 61.9 Å². The molecule has 0 fully saturated rings. The van der Waals surface area contributed by atoms with Crippen LogP contribution >= 0.6 is 0 Å². The highest BCUT2D eigenvalue weighted by Crippen LogP contribution is 2.32. The number of carbonyl (C=O) groups excluding carboxylic acids is 4. The lowest BCUT2D eigenvalue weighted by Gasteiger charge is -2.43. The number of nitrogens with zero attached hydrogens (tertiary/aromatic N) is 2. The Morgan fingerprint density at radius 3 is 2.14 bits per heavy atom. The summed E-state index contributed by atoms with van der Waals surface area (Å²) in [6, 6.07) is 20.0. The lowest BCUT2D eigenvalue weighted by atomic mass is 9.84. The van der Waals surface area contributed by atoms with Gasteiger partial charge in [0.1, 0.15) is 23.4 Å². The van der Waals surface area contributed by atoms with E-state index in [-0.39, 0.29) is 24.9 Å². The fraction of sp³-hybridized carbons (Fsp3) is 0.436. The monoisotopic (exact) mass is 671 g/mol. The molecule has 10 heteroatoms. The summed E-state index contributed by atoms with van der Waals surface area (Å²) >= 11 is 0. The summed E-state index contributed by atoms with van der Waals surface area (Å²) in [4.78, 5) is 58.1. The van der Waals surface area contributed by atoms with E-state index < -0.39 is 41.2 Å². The van der Waals surface area contributed by atoms with Crippen LogP contribution < -0.4 is 10.1 Å². The Balaban J connectivity index is 1.77. The minimum atomic E-state index is -0.974. The number of fused-ring (bicyclic) bond motifs is 1. The van der Waals surface area contributed by atoms with Crippen molar-refractivity contribution in [2.75, 3.05) is 14.2 Å². The molecule has 1 N–H and O–H groups in total. The SMILES string of the molecule is COC(=O)c1ccc(CN(C(=O)[C@@H]2Cc3ccccc3CN2C(=O)[C@@H](NC(=O)OC(C)(C)C)C(C)(C)C)[C@H](C)c2cccc(OC)c2)cc1. The van der Waals surface area contributed by atoms with Crippen LogP contribution in [0.1, 0.15) is 87.1 Å². The Bertz CT molecular complexity index is 1660. The zero-order valence-corrected chi connectivity index (χ0v) is 30.0. The summed E-state index contributed by atoms with van der Waals surface area (Å²) in [5, 5.41) is 2.81. The highest BCUT2D eigenvalue weighted by Gasteiger charge is 2.44. The number of amides is 3. The molecule has 262 valence electrons. The molecule has 1 heterocycles. The van der Waals surface area contributed by atoms with Crippen LogP contribution in [0, 0.1) is 5.41 Å². The maximum Gasteiger partial charge on any atom is 0.408 e. The fourth-order valence-electron chi connectivity index (χ4n) is 5.95. The van der Waals surface area contributed by atoms with Crippen LogP contribution in [0.2, 0.25) is 0 Å². The third-order valence-corrected chi connectivity index (χ3v) is 8.65. The smallest absolute Gasteiger partial charge is 0.408 e. The normalized spacial score (nSPS) is 15.7. The number of carbonyl (C=O) groups is 4. The zero-order chi connectivity index (χ0) is 36.1. The molecular formula is C39H49N3O7. The number of alkyl carbamates (subject to hydrolysis) is 1. The first-order valence-electron chi connectivity index (χ1n) is 16.5. The minimum Gasteiger partial charge on any atom is -0.497 e. The first-order valence-corrected chi connectivity index (χ1v) is 16.5. The minimum absolute atomic E-state index is 0.198. The fourth-order valence-corrected chi connectivity index (χ4v) is 5.95. The summed E-state index contributed by atoms with van der Waals surface area (Å²) in [6.07, 6.45) is -0.406. The van der Waals surface area contributed by atoms with E-state index >= 15 is 4.79 Å². The van der Waals surface area contributed by atoms with Gasteiger partial charge in [-0.05, 0) is 79.6 Å². The van der Waals surface area contributed by atoms with E-state index in [0.29, 0.717) is 17.7 Å². The summed E-state index contributed by atoms with van der Waals surface area (Å²) in [5.74, 6) is -0.417. The summed E-state index contributed by atoms with van der Waals surface area (Å²) in [7, 11) is 2.92. The number of hydrogen-bond acceptors (Lipinski definition) is 7.